The minimum absolute atomic E-state index is 0.0125. The fourth-order valence-electron chi connectivity index (χ4n) is 2.90. The summed E-state index contributed by atoms with van der Waals surface area (Å²) in [6, 6.07) is 10.8. The van der Waals surface area contributed by atoms with Gasteiger partial charge in [0.05, 0.1) is 17.5 Å². The summed E-state index contributed by atoms with van der Waals surface area (Å²) in [7, 11) is 0. The molecule has 1 aliphatic heterocycles. The molecule has 0 spiro atoms. The number of amides is 2. The van der Waals surface area contributed by atoms with Gasteiger partial charge in [-0.2, -0.15) is 0 Å². The van der Waals surface area contributed by atoms with Crippen molar-refractivity contribution in [1.82, 2.24) is 10.2 Å². The number of hydrogen-bond acceptors (Lipinski definition) is 4. The van der Waals surface area contributed by atoms with Crippen molar-refractivity contribution in [2.75, 3.05) is 13.2 Å². The SMILES string of the molecule is O=C(NCc1ccc(C(=O)N2CCC[C@@H]2CO)cc1)c1cccs1. The topological polar surface area (TPSA) is 69.6 Å². The third-order valence-corrected chi connectivity index (χ3v) is 5.12. The van der Waals surface area contributed by atoms with Crippen LogP contribution in [0.2, 0.25) is 0 Å². The molecule has 3 rings (SSSR count). The van der Waals surface area contributed by atoms with Crippen LogP contribution in [0.4, 0.5) is 0 Å². The first kappa shape index (κ1) is 16.7. The molecule has 6 heteroatoms. The summed E-state index contributed by atoms with van der Waals surface area (Å²) in [5.41, 5.74) is 1.56. The Morgan fingerprint density at radius 2 is 2.04 bits per heavy atom. The number of likely N-dealkylation sites (tertiary alicyclic amines) is 1. The second kappa shape index (κ2) is 7.59. The summed E-state index contributed by atoms with van der Waals surface area (Å²) in [4.78, 5) is 26.8. The molecule has 1 atom stereocenters. The number of aliphatic hydroxyl groups is 1. The fourth-order valence-corrected chi connectivity index (χ4v) is 3.54. The molecule has 2 aromatic rings. The molecule has 0 saturated carbocycles. The summed E-state index contributed by atoms with van der Waals surface area (Å²) in [5, 5.41) is 14.1. The van der Waals surface area contributed by atoms with Crippen molar-refractivity contribution < 1.29 is 14.7 Å². The molecule has 2 amide bonds. The molecular weight excluding hydrogens is 324 g/mol. The maximum Gasteiger partial charge on any atom is 0.261 e. The number of benzene rings is 1. The number of nitrogens with zero attached hydrogens (tertiary/aromatic N) is 1. The van der Waals surface area contributed by atoms with Gasteiger partial charge in [-0.25, -0.2) is 0 Å². The molecule has 24 heavy (non-hydrogen) atoms. The van der Waals surface area contributed by atoms with Crippen LogP contribution in [-0.2, 0) is 6.54 Å². The molecule has 0 bridgehead atoms. The molecule has 1 saturated heterocycles. The van der Waals surface area contributed by atoms with E-state index in [4.69, 9.17) is 0 Å². The van der Waals surface area contributed by atoms with Gasteiger partial charge < -0.3 is 15.3 Å². The van der Waals surface area contributed by atoms with Crippen LogP contribution in [0.5, 0.6) is 0 Å². The first-order valence-corrected chi connectivity index (χ1v) is 8.89. The van der Waals surface area contributed by atoms with Crippen LogP contribution in [0.15, 0.2) is 41.8 Å². The molecule has 0 aliphatic carbocycles. The predicted octanol–water partition coefficient (Wildman–Crippen LogP) is 2.28. The first-order valence-electron chi connectivity index (χ1n) is 8.01. The van der Waals surface area contributed by atoms with Crippen LogP contribution in [0.1, 0.15) is 38.4 Å². The van der Waals surface area contributed by atoms with E-state index in [2.05, 4.69) is 5.32 Å². The van der Waals surface area contributed by atoms with E-state index in [0.29, 0.717) is 23.5 Å². The summed E-state index contributed by atoms with van der Waals surface area (Å²) in [6.07, 6.45) is 1.79. The second-order valence-electron chi connectivity index (χ2n) is 5.83. The van der Waals surface area contributed by atoms with Gasteiger partial charge in [-0.15, -0.1) is 11.3 Å². The highest BCUT2D eigenvalue weighted by Gasteiger charge is 2.28. The van der Waals surface area contributed by atoms with Crippen LogP contribution < -0.4 is 5.32 Å². The Labute approximate surface area is 144 Å². The van der Waals surface area contributed by atoms with Crippen LogP contribution >= 0.6 is 11.3 Å². The Morgan fingerprint density at radius 3 is 2.71 bits per heavy atom. The molecule has 1 aromatic carbocycles. The van der Waals surface area contributed by atoms with Gasteiger partial charge in [0.25, 0.3) is 11.8 Å². The number of aliphatic hydroxyl groups excluding tert-OH is 1. The van der Waals surface area contributed by atoms with E-state index >= 15 is 0 Å². The summed E-state index contributed by atoms with van der Waals surface area (Å²) >= 11 is 1.41. The van der Waals surface area contributed by atoms with E-state index in [0.717, 1.165) is 18.4 Å². The molecule has 1 fully saturated rings. The number of rotatable bonds is 5. The van der Waals surface area contributed by atoms with E-state index in [1.807, 2.05) is 23.6 Å². The maximum absolute atomic E-state index is 12.5. The highest BCUT2D eigenvalue weighted by molar-refractivity contribution is 7.12. The molecule has 0 unspecified atom stereocenters. The zero-order chi connectivity index (χ0) is 16.9. The number of carbonyl (C=O) groups excluding carboxylic acids is 2. The molecule has 1 aliphatic rings. The zero-order valence-electron chi connectivity index (χ0n) is 13.3. The molecular formula is C18H20N2O3S. The van der Waals surface area contributed by atoms with Crippen molar-refractivity contribution in [3.8, 4) is 0 Å². The van der Waals surface area contributed by atoms with Crippen LogP contribution in [0.3, 0.4) is 0 Å². The normalized spacial score (nSPS) is 17.0. The lowest BCUT2D eigenvalue weighted by atomic mass is 10.1. The fraction of sp³-hybridized carbons (Fsp3) is 0.333. The highest BCUT2D eigenvalue weighted by Crippen LogP contribution is 2.20. The summed E-state index contributed by atoms with van der Waals surface area (Å²) in [5.74, 6) is -0.131. The Morgan fingerprint density at radius 1 is 1.25 bits per heavy atom. The smallest absolute Gasteiger partial charge is 0.261 e. The quantitative estimate of drug-likeness (QED) is 0.874. The molecule has 2 heterocycles. The van der Waals surface area contributed by atoms with Crippen LogP contribution in [0, 0.1) is 0 Å². The number of hydrogen-bond donors (Lipinski definition) is 2. The van der Waals surface area contributed by atoms with Crippen molar-refractivity contribution in [3.05, 3.63) is 57.8 Å². The van der Waals surface area contributed by atoms with Gasteiger partial charge in [0.1, 0.15) is 0 Å². The molecule has 2 N–H and O–H groups in total. The Kier molecular flexibility index (Phi) is 5.27. The molecule has 1 aromatic heterocycles. The number of thiophene rings is 1. The van der Waals surface area contributed by atoms with Crippen molar-refractivity contribution >= 4 is 23.2 Å². The minimum Gasteiger partial charge on any atom is -0.394 e. The van der Waals surface area contributed by atoms with Crippen molar-refractivity contribution in [3.63, 3.8) is 0 Å². The highest BCUT2D eigenvalue weighted by atomic mass is 32.1. The lowest BCUT2D eigenvalue weighted by Gasteiger charge is -2.23. The lowest BCUT2D eigenvalue weighted by molar-refractivity contribution is 0.0677. The molecule has 0 radical (unpaired) electrons. The van der Waals surface area contributed by atoms with Crippen molar-refractivity contribution in [2.45, 2.75) is 25.4 Å². The van der Waals surface area contributed by atoms with Gasteiger partial charge in [-0.3, -0.25) is 9.59 Å². The van der Waals surface area contributed by atoms with Gasteiger partial charge in [0.2, 0.25) is 0 Å². The molecule has 126 valence electrons. The molecule has 5 nitrogen and oxygen atoms in total. The summed E-state index contributed by atoms with van der Waals surface area (Å²) in [6.45, 7) is 1.13. The second-order valence-corrected chi connectivity index (χ2v) is 6.78. The van der Waals surface area contributed by atoms with E-state index in [9.17, 15) is 14.7 Å². The Bertz CT molecular complexity index is 698. The zero-order valence-corrected chi connectivity index (χ0v) is 14.1. The average Bonchev–Trinajstić information content (AvgIpc) is 3.30. The van der Waals surface area contributed by atoms with Crippen LogP contribution in [-0.4, -0.2) is 41.0 Å². The van der Waals surface area contributed by atoms with E-state index in [1.54, 1.807) is 23.1 Å². The monoisotopic (exact) mass is 344 g/mol. The van der Waals surface area contributed by atoms with E-state index < -0.39 is 0 Å². The van der Waals surface area contributed by atoms with Gasteiger partial charge in [0, 0.05) is 18.7 Å². The third kappa shape index (κ3) is 3.66. The average molecular weight is 344 g/mol. The largest absolute Gasteiger partial charge is 0.394 e. The Balaban J connectivity index is 1.59. The van der Waals surface area contributed by atoms with Gasteiger partial charge in [-0.1, -0.05) is 18.2 Å². The van der Waals surface area contributed by atoms with Crippen molar-refractivity contribution in [2.24, 2.45) is 0 Å². The summed E-state index contributed by atoms with van der Waals surface area (Å²) < 4.78 is 0. The number of nitrogens with one attached hydrogen (secondary N) is 1. The Hall–Kier alpha value is -2.18. The maximum atomic E-state index is 12.5. The van der Waals surface area contributed by atoms with Crippen LogP contribution in [0.25, 0.3) is 0 Å². The number of carbonyl (C=O) groups is 2. The van der Waals surface area contributed by atoms with E-state index in [1.165, 1.54) is 11.3 Å². The van der Waals surface area contributed by atoms with Crippen molar-refractivity contribution in [1.29, 1.82) is 0 Å². The van der Waals surface area contributed by atoms with Gasteiger partial charge in [-0.05, 0) is 42.0 Å². The third-order valence-electron chi connectivity index (χ3n) is 4.25. The lowest BCUT2D eigenvalue weighted by Crippen LogP contribution is -2.37. The predicted molar refractivity (Wildman–Crippen MR) is 93.1 cm³/mol. The minimum atomic E-state index is -0.0898. The standard InChI is InChI=1S/C18H20N2O3S/c21-12-15-3-1-9-20(15)18(23)14-7-5-13(6-8-14)11-19-17(22)16-4-2-10-24-16/h2,4-8,10,15,21H,1,3,9,11-12H2,(H,19,22)/t15-/m1/s1. The van der Waals surface area contributed by atoms with E-state index in [-0.39, 0.29) is 24.5 Å². The van der Waals surface area contributed by atoms with Gasteiger partial charge >= 0.3 is 0 Å². The van der Waals surface area contributed by atoms with Gasteiger partial charge in [0.15, 0.2) is 0 Å². The first-order chi connectivity index (χ1) is 11.7.